The fourth-order valence-corrected chi connectivity index (χ4v) is 1.54. The van der Waals surface area contributed by atoms with Crippen LogP contribution in [0.2, 0.25) is 0 Å². The van der Waals surface area contributed by atoms with E-state index in [1.807, 2.05) is 19.1 Å². The van der Waals surface area contributed by atoms with Crippen LogP contribution in [0.1, 0.15) is 35.7 Å². The summed E-state index contributed by atoms with van der Waals surface area (Å²) in [7, 11) is 0. The summed E-state index contributed by atoms with van der Waals surface area (Å²) in [4.78, 5) is 23.1. The van der Waals surface area contributed by atoms with Gasteiger partial charge in [-0.3, -0.25) is 9.59 Å². The number of benzene rings is 1. The van der Waals surface area contributed by atoms with Crippen molar-refractivity contribution in [3.05, 3.63) is 35.4 Å². The Bertz CT molecular complexity index is 421. The third kappa shape index (κ3) is 6.54. The molecule has 1 rings (SSSR count). The SMILES string of the molecule is CCCNC(=O)CCNC(=O)c1ccc(CN)cc1.Cl. The van der Waals surface area contributed by atoms with Crippen LogP contribution in [0.15, 0.2) is 24.3 Å². The predicted molar refractivity (Wildman–Crippen MR) is 81.8 cm³/mol. The standard InChI is InChI=1S/C14H21N3O2.ClH/c1-2-8-16-13(18)7-9-17-14(19)12-5-3-11(10-15)4-6-12;/h3-6H,2,7-10,15H2,1H3,(H,16,18)(H,17,19);1H. The van der Waals surface area contributed by atoms with Gasteiger partial charge in [0.05, 0.1) is 0 Å². The van der Waals surface area contributed by atoms with E-state index < -0.39 is 0 Å². The lowest BCUT2D eigenvalue weighted by atomic mass is 10.1. The highest BCUT2D eigenvalue weighted by atomic mass is 35.5. The second kappa shape index (κ2) is 10.2. The van der Waals surface area contributed by atoms with Crippen molar-refractivity contribution in [2.24, 2.45) is 5.73 Å². The summed E-state index contributed by atoms with van der Waals surface area (Å²) in [6.07, 6.45) is 1.21. The zero-order chi connectivity index (χ0) is 14.1. The molecule has 1 aromatic rings. The minimum absolute atomic E-state index is 0. The second-order valence-corrected chi connectivity index (χ2v) is 4.26. The van der Waals surface area contributed by atoms with Gasteiger partial charge in [-0.2, -0.15) is 0 Å². The highest BCUT2D eigenvalue weighted by molar-refractivity contribution is 5.94. The Morgan fingerprint density at radius 1 is 1.10 bits per heavy atom. The van der Waals surface area contributed by atoms with Crippen molar-refractivity contribution in [2.45, 2.75) is 26.3 Å². The van der Waals surface area contributed by atoms with Gasteiger partial charge in [-0.25, -0.2) is 0 Å². The summed E-state index contributed by atoms with van der Waals surface area (Å²) in [6, 6.07) is 7.11. The first-order chi connectivity index (χ1) is 9.17. The largest absolute Gasteiger partial charge is 0.356 e. The Morgan fingerprint density at radius 2 is 1.75 bits per heavy atom. The molecule has 0 aliphatic rings. The van der Waals surface area contributed by atoms with Crippen molar-refractivity contribution in [2.75, 3.05) is 13.1 Å². The number of hydrogen-bond donors (Lipinski definition) is 3. The normalized spacial score (nSPS) is 9.50. The Balaban J connectivity index is 0.00000361. The van der Waals surface area contributed by atoms with Crippen molar-refractivity contribution in [3.8, 4) is 0 Å². The van der Waals surface area contributed by atoms with E-state index in [0.29, 0.717) is 31.6 Å². The number of hydrogen-bond acceptors (Lipinski definition) is 3. The maximum atomic E-state index is 11.8. The molecule has 5 nitrogen and oxygen atoms in total. The summed E-state index contributed by atoms with van der Waals surface area (Å²) in [6.45, 7) is 3.47. The number of halogens is 1. The van der Waals surface area contributed by atoms with E-state index in [0.717, 1.165) is 12.0 Å². The maximum Gasteiger partial charge on any atom is 0.251 e. The van der Waals surface area contributed by atoms with Crippen molar-refractivity contribution in [1.29, 1.82) is 0 Å². The smallest absolute Gasteiger partial charge is 0.251 e. The maximum absolute atomic E-state index is 11.8. The fourth-order valence-electron chi connectivity index (χ4n) is 1.54. The van der Waals surface area contributed by atoms with Crippen molar-refractivity contribution >= 4 is 24.2 Å². The minimum Gasteiger partial charge on any atom is -0.356 e. The molecule has 0 unspecified atom stereocenters. The molecule has 1 aromatic carbocycles. The van der Waals surface area contributed by atoms with Crippen molar-refractivity contribution in [1.82, 2.24) is 10.6 Å². The Morgan fingerprint density at radius 3 is 2.30 bits per heavy atom. The molecule has 0 saturated carbocycles. The molecule has 0 heterocycles. The molecule has 2 amide bonds. The van der Waals surface area contributed by atoms with Gasteiger partial charge in [0.1, 0.15) is 0 Å². The van der Waals surface area contributed by atoms with Crippen LogP contribution >= 0.6 is 12.4 Å². The van der Waals surface area contributed by atoms with Gasteiger partial charge in [-0.1, -0.05) is 19.1 Å². The van der Waals surface area contributed by atoms with Crippen LogP contribution in [0.4, 0.5) is 0 Å². The molecule has 0 radical (unpaired) electrons. The van der Waals surface area contributed by atoms with Crippen LogP contribution < -0.4 is 16.4 Å². The van der Waals surface area contributed by atoms with Crippen LogP contribution in [0.5, 0.6) is 0 Å². The molecule has 0 fully saturated rings. The van der Waals surface area contributed by atoms with E-state index in [4.69, 9.17) is 5.73 Å². The van der Waals surface area contributed by atoms with Crippen LogP contribution in [-0.2, 0) is 11.3 Å². The van der Waals surface area contributed by atoms with Crippen LogP contribution in [-0.4, -0.2) is 24.9 Å². The van der Waals surface area contributed by atoms with Gasteiger partial charge >= 0.3 is 0 Å². The molecule has 0 atom stereocenters. The first-order valence-corrected chi connectivity index (χ1v) is 6.51. The molecule has 20 heavy (non-hydrogen) atoms. The zero-order valence-corrected chi connectivity index (χ0v) is 12.5. The van der Waals surface area contributed by atoms with E-state index in [-0.39, 0.29) is 24.2 Å². The molecule has 0 aliphatic heterocycles. The topological polar surface area (TPSA) is 84.2 Å². The monoisotopic (exact) mass is 299 g/mol. The lowest BCUT2D eigenvalue weighted by Crippen LogP contribution is -2.31. The Hall–Kier alpha value is -1.59. The van der Waals surface area contributed by atoms with E-state index in [2.05, 4.69) is 10.6 Å². The van der Waals surface area contributed by atoms with Gasteiger partial charge < -0.3 is 16.4 Å². The molecular weight excluding hydrogens is 278 g/mol. The van der Waals surface area contributed by atoms with Gasteiger partial charge in [-0.05, 0) is 24.1 Å². The van der Waals surface area contributed by atoms with E-state index in [1.165, 1.54) is 0 Å². The number of carbonyl (C=O) groups excluding carboxylic acids is 2. The lowest BCUT2D eigenvalue weighted by Gasteiger charge is -2.06. The lowest BCUT2D eigenvalue weighted by molar-refractivity contribution is -0.120. The van der Waals surface area contributed by atoms with Gasteiger partial charge in [0.2, 0.25) is 5.91 Å². The summed E-state index contributed by atoms with van der Waals surface area (Å²) in [5.74, 6) is -0.215. The number of nitrogens with two attached hydrogens (primary N) is 1. The van der Waals surface area contributed by atoms with Gasteiger partial charge in [0, 0.05) is 31.6 Å². The zero-order valence-electron chi connectivity index (χ0n) is 11.6. The molecule has 0 saturated heterocycles. The van der Waals surface area contributed by atoms with Crippen molar-refractivity contribution < 1.29 is 9.59 Å². The third-order valence-electron chi connectivity index (χ3n) is 2.66. The van der Waals surface area contributed by atoms with Crippen molar-refractivity contribution in [3.63, 3.8) is 0 Å². The van der Waals surface area contributed by atoms with E-state index >= 15 is 0 Å². The number of nitrogens with one attached hydrogen (secondary N) is 2. The summed E-state index contributed by atoms with van der Waals surface area (Å²) in [5.41, 5.74) is 7.04. The molecule has 0 bridgehead atoms. The third-order valence-corrected chi connectivity index (χ3v) is 2.66. The predicted octanol–water partition coefficient (Wildman–Crippen LogP) is 1.21. The molecule has 6 heteroatoms. The van der Waals surface area contributed by atoms with Gasteiger partial charge in [0.15, 0.2) is 0 Å². The number of amides is 2. The molecular formula is C14H22ClN3O2. The highest BCUT2D eigenvalue weighted by Crippen LogP contribution is 2.03. The van der Waals surface area contributed by atoms with Gasteiger partial charge in [0.25, 0.3) is 5.91 Å². The number of rotatable bonds is 7. The molecule has 4 N–H and O–H groups in total. The van der Waals surface area contributed by atoms with E-state index in [9.17, 15) is 9.59 Å². The quantitative estimate of drug-likeness (QED) is 0.707. The summed E-state index contributed by atoms with van der Waals surface area (Å²) < 4.78 is 0. The van der Waals surface area contributed by atoms with Crippen LogP contribution in [0, 0.1) is 0 Å². The second-order valence-electron chi connectivity index (χ2n) is 4.26. The average molecular weight is 300 g/mol. The summed E-state index contributed by atoms with van der Waals surface area (Å²) in [5, 5.41) is 5.47. The number of carbonyl (C=O) groups is 2. The average Bonchev–Trinajstić information content (AvgIpc) is 2.45. The van der Waals surface area contributed by atoms with Crippen LogP contribution in [0.3, 0.4) is 0 Å². The first kappa shape index (κ1) is 18.4. The van der Waals surface area contributed by atoms with Gasteiger partial charge in [-0.15, -0.1) is 12.4 Å². The molecule has 0 spiro atoms. The Labute approximate surface area is 125 Å². The first-order valence-electron chi connectivity index (χ1n) is 6.51. The molecule has 112 valence electrons. The molecule has 0 aliphatic carbocycles. The molecule has 0 aromatic heterocycles. The fraction of sp³-hybridized carbons (Fsp3) is 0.429. The Kier molecular flexibility index (Phi) is 9.41. The highest BCUT2D eigenvalue weighted by Gasteiger charge is 2.06. The summed E-state index contributed by atoms with van der Waals surface area (Å²) >= 11 is 0. The van der Waals surface area contributed by atoms with E-state index in [1.54, 1.807) is 12.1 Å². The minimum atomic E-state index is -0.174. The van der Waals surface area contributed by atoms with Crippen LogP contribution in [0.25, 0.3) is 0 Å².